The van der Waals surface area contributed by atoms with Gasteiger partial charge in [0.15, 0.2) is 6.10 Å². The first-order valence-corrected chi connectivity index (χ1v) is 9.78. The summed E-state index contributed by atoms with van der Waals surface area (Å²) in [7, 11) is 1.16. The molecule has 3 amide bonds. The number of carboxylic acids is 1. The van der Waals surface area contributed by atoms with Crippen LogP contribution in [0.2, 0.25) is 5.02 Å². The standard InChI is InChI=1S/C20H16ClN3O10/c1-9(18(26)27)33-16-10(5-11(21)7-14(16)24(30)31)6-13-17(25)23(20(29)22-13)8-12-3-4-15(34-12)19(28)32-2/h3-7,9H,8H2,1-2H3,(H,22,29)(H,26,27)/b13-6-/t9-/m1/s1. The van der Waals surface area contributed by atoms with Gasteiger partial charge in [-0.1, -0.05) is 11.6 Å². The highest BCUT2D eigenvalue weighted by molar-refractivity contribution is 6.31. The van der Waals surface area contributed by atoms with Gasteiger partial charge in [0, 0.05) is 16.7 Å². The summed E-state index contributed by atoms with van der Waals surface area (Å²) in [5, 5.41) is 22.8. The number of nitrogens with zero attached hydrogens (tertiary/aromatic N) is 2. The Morgan fingerprint density at radius 3 is 2.68 bits per heavy atom. The van der Waals surface area contributed by atoms with Crippen molar-refractivity contribution in [2.75, 3.05) is 7.11 Å². The number of aliphatic carboxylic acids is 1. The lowest BCUT2D eigenvalue weighted by Crippen LogP contribution is -2.30. The fraction of sp³-hybridized carbons (Fsp3) is 0.200. The summed E-state index contributed by atoms with van der Waals surface area (Å²) in [5.41, 5.74) is -1.02. The lowest BCUT2D eigenvalue weighted by atomic mass is 10.1. The van der Waals surface area contributed by atoms with Crippen LogP contribution < -0.4 is 10.1 Å². The molecule has 1 aliphatic rings. The number of rotatable bonds is 8. The lowest BCUT2D eigenvalue weighted by Gasteiger charge is -2.14. The summed E-state index contributed by atoms with van der Waals surface area (Å²) in [4.78, 5) is 59.3. The Balaban J connectivity index is 1.95. The number of nitro groups is 1. The molecule has 1 aliphatic heterocycles. The highest BCUT2D eigenvalue weighted by Crippen LogP contribution is 2.37. The Morgan fingerprint density at radius 2 is 2.06 bits per heavy atom. The van der Waals surface area contributed by atoms with Crippen molar-refractivity contribution in [3.05, 3.63) is 62.2 Å². The van der Waals surface area contributed by atoms with E-state index in [9.17, 15) is 29.3 Å². The number of carbonyl (C=O) groups is 4. The van der Waals surface area contributed by atoms with Crippen LogP contribution >= 0.6 is 11.6 Å². The molecule has 0 bridgehead atoms. The topological polar surface area (TPSA) is 179 Å². The smallest absolute Gasteiger partial charge is 0.373 e. The van der Waals surface area contributed by atoms with E-state index in [0.717, 1.165) is 31.1 Å². The molecule has 1 saturated heterocycles. The zero-order chi connectivity index (χ0) is 25.2. The van der Waals surface area contributed by atoms with Crippen LogP contribution in [0.25, 0.3) is 6.08 Å². The van der Waals surface area contributed by atoms with Gasteiger partial charge in [-0.15, -0.1) is 0 Å². The number of esters is 1. The van der Waals surface area contributed by atoms with E-state index < -0.39 is 46.3 Å². The first-order chi connectivity index (χ1) is 16.0. The van der Waals surface area contributed by atoms with Gasteiger partial charge < -0.3 is 24.3 Å². The maximum absolute atomic E-state index is 12.8. The maximum Gasteiger partial charge on any atom is 0.373 e. The van der Waals surface area contributed by atoms with Crippen molar-refractivity contribution in [2.45, 2.75) is 19.6 Å². The molecule has 2 N–H and O–H groups in total. The van der Waals surface area contributed by atoms with Gasteiger partial charge >= 0.3 is 23.7 Å². The number of nitrogens with one attached hydrogen (secondary N) is 1. The minimum absolute atomic E-state index is 0.0894. The Morgan fingerprint density at radius 1 is 1.35 bits per heavy atom. The molecule has 0 spiro atoms. The van der Waals surface area contributed by atoms with E-state index in [-0.39, 0.29) is 34.3 Å². The summed E-state index contributed by atoms with van der Waals surface area (Å²) >= 11 is 5.95. The van der Waals surface area contributed by atoms with E-state index in [1.165, 1.54) is 18.2 Å². The Bertz CT molecular complexity index is 1240. The fourth-order valence-corrected chi connectivity index (χ4v) is 3.12. The maximum atomic E-state index is 12.8. The van der Waals surface area contributed by atoms with Gasteiger partial charge in [0.2, 0.25) is 11.5 Å². The SMILES string of the molecule is COC(=O)c1ccc(CN2C(=O)N/C(=C\c3cc(Cl)cc([N+](=O)[O-])c3O[C@H](C)C(=O)O)C2=O)o1. The van der Waals surface area contributed by atoms with Gasteiger partial charge in [0.05, 0.1) is 18.6 Å². The Hall–Kier alpha value is -4.39. The zero-order valence-electron chi connectivity index (χ0n) is 17.6. The van der Waals surface area contributed by atoms with Crippen LogP contribution in [-0.2, 0) is 20.9 Å². The molecule has 2 aromatic rings. The van der Waals surface area contributed by atoms with Crippen molar-refractivity contribution in [3.8, 4) is 5.75 Å². The molecule has 1 aromatic carbocycles. The molecule has 0 aliphatic carbocycles. The molecule has 13 nitrogen and oxygen atoms in total. The van der Waals surface area contributed by atoms with E-state index in [2.05, 4.69) is 10.1 Å². The minimum Gasteiger partial charge on any atom is -0.479 e. The number of carboxylic acid groups (broad SMARTS) is 1. The molecular formula is C20H16ClN3O10. The molecule has 2 heterocycles. The van der Waals surface area contributed by atoms with Crippen molar-refractivity contribution < 1.29 is 43.1 Å². The first-order valence-electron chi connectivity index (χ1n) is 9.40. The Labute approximate surface area is 195 Å². The number of nitro benzene ring substituents is 1. The number of methoxy groups -OCH3 is 1. The van der Waals surface area contributed by atoms with Crippen molar-refractivity contribution in [3.63, 3.8) is 0 Å². The second-order valence-corrected chi connectivity index (χ2v) is 7.27. The fourth-order valence-electron chi connectivity index (χ4n) is 2.90. The van der Waals surface area contributed by atoms with Gasteiger partial charge in [-0.3, -0.25) is 19.8 Å². The quantitative estimate of drug-likeness (QED) is 0.182. The van der Waals surface area contributed by atoms with Crippen LogP contribution in [0.1, 0.15) is 28.8 Å². The molecule has 1 atom stereocenters. The number of urea groups is 1. The number of amides is 3. The van der Waals surface area contributed by atoms with Crippen LogP contribution in [0, 0.1) is 10.1 Å². The number of hydrogen-bond donors (Lipinski definition) is 2. The van der Waals surface area contributed by atoms with Crippen molar-refractivity contribution in [1.29, 1.82) is 0 Å². The number of furan rings is 1. The zero-order valence-corrected chi connectivity index (χ0v) is 18.3. The van der Waals surface area contributed by atoms with E-state index in [1.54, 1.807) is 0 Å². The molecule has 1 fully saturated rings. The van der Waals surface area contributed by atoms with Gasteiger partial charge in [-0.05, 0) is 31.2 Å². The predicted octanol–water partition coefficient (Wildman–Crippen LogP) is 2.57. The second-order valence-electron chi connectivity index (χ2n) is 6.84. The molecule has 178 valence electrons. The predicted molar refractivity (Wildman–Crippen MR) is 113 cm³/mol. The van der Waals surface area contributed by atoms with Crippen LogP contribution in [0.15, 0.2) is 34.4 Å². The highest BCUT2D eigenvalue weighted by atomic mass is 35.5. The number of halogens is 1. The minimum atomic E-state index is -1.47. The van der Waals surface area contributed by atoms with E-state index in [0.29, 0.717) is 0 Å². The molecule has 34 heavy (non-hydrogen) atoms. The average Bonchev–Trinajstić information content (AvgIpc) is 3.35. The van der Waals surface area contributed by atoms with E-state index in [4.69, 9.17) is 25.9 Å². The van der Waals surface area contributed by atoms with Gasteiger partial charge in [-0.25, -0.2) is 14.4 Å². The highest BCUT2D eigenvalue weighted by Gasteiger charge is 2.35. The molecule has 0 unspecified atom stereocenters. The molecule has 0 radical (unpaired) electrons. The summed E-state index contributed by atoms with van der Waals surface area (Å²) in [6, 6.07) is 4.04. The normalized spacial score (nSPS) is 15.3. The van der Waals surface area contributed by atoms with Gasteiger partial charge in [-0.2, -0.15) is 0 Å². The van der Waals surface area contributed by atoms with Gasteiger partial charge in [0.25, 0.3) is 5.91 Å². The summed E-state index contributed by atoms with van der Waals surface area (Å²) in [6.07, 6.45) is -0.393. The van der Waals surface area contributed by atoms with Crippen LogP contribution in [0.5, 0.6) is 5.75 Å². The third-order valence-electron chi connectivity index (χ3n) is 4.53. The molecule has 0 saturated carbocycles. The monoisotopic (exact) mass is 493 g/mol. The summed E-state index contributed by atoms with van der Waals surface area (Å²) in [6.45, 7) is 0.835. The first kappa shape index (κ1) is 24.3. The van der Waals surface area contributed by atoms with E-state index in [1.807, 2.05) is 0 Å². The third kappa shape index (κ3) is 4.99. The number of carbonyl (C=O) groups excluding carboxylic acids is 3. The van der Waals surface area contributed by atoms with Crippen LogP contribution in [-0.4, -0.2) is 52.0 Å². The van der Waals surface area contributed by atoms with Crippen LogP contribution in [0.4, 0.5) is 10.5 Å². The molecular weight excluding hydrogens is 478 g/mol. The van der Waals surface area contributed by atoms with Crippen molar-refractivity contribution in [1.82, 2.24) is 10.2 Å². The number of hydrogen-bond acceptors (Lipinski definition) is 9. The molecule has 3 rings (SSSR count). The largest absolute Gasteiger partial charge is 0.479 e. The number of benzene rings is 1. The lowest BCUT2D eigenvalue weighted by molar-refractivity contribution is -0.386. The van der Waals surface area contributed by atoms with E-state index >= 15 is 0 Å². The van der Waals surface area contributed by atoms with Gasteiger partial charge in [0.1, 0.15) is 11.5 Å². The summed E-state index contributed by atoms with van der Waals surface area (Å²) in [5.74, 6) is -3.41. The molecule has 1 aromatic heterocycles. The summed E-state index contributed by atoms with van der Waals surface area (Å²) < 4.78 is 15.0. The number of imide groups is 1. The average molecular weight is 494 g/mol. The third-order valence-corrected chi connectivity index (χ3v) is 4.74. The Kier molecular flexibility index (Phi) is 6.86. The molecule has 14 heteroatoms. The van der Waals surface area contributed by atoms with Crippen molar-refractivity contribution >= 4 is 47.2 Å². The van der Waals surface area contributed by atoms with Crippen LogP contribution in [0.3, 0.4) is 0 Å². The number of ether oxygens (including phenoxy) is 2. The second kappa shape index (κ2) is 9.62. The van der Waals surface area contributed by atoms with Crippen molar-refractivity contribution in [2.24, 2.45) is 0 Å².